The predicted octanol–water partition coefficient (Wildman–Crippen LogP) is 2.57. The Hall–Kier alpha value is -2.43. The lowest BCUT2D eigenvalue weighted by atomic mass is 10.2. The second kappa shape index (κ2) is 5.06. The molecule has 2 aromatic rings. The number of nitrogens with zero attached hydrogens (tertiary/aromatic N) is 1. The van der Waals surface area contributed by atoms with Gasteiger partial charge in [0.15, 0.2) is 11.5 Å². The molecule has 2 heterocycles. The number of nitrogens with two attached hydrogens (primary N) is 1. The van der Waals surface area contributed by atoms with Crippen LogP contribution in [0.15, 0.2) is 36.5 Å². The summed E-state index contributed by atoms with van der Waals surface area (Å²) in [6.45, 7) is 1.37. The molecule has 1 aliphatic heterocycles. The highest BCUT2D eigenvalue weighted by atomic mass is 16.5. The van der Waals surface area contributed by atoms with Crippen LogP contribution in [0.1, 0.15) is 6.42 Å². The largest absolute Gasteiger partial charge is 0.490 e. The van der Waals surface area contributed by atoms with Gasteiger partial charge in [-0.1, -0.05) is 0 Å². The number of ether oxygens (including phenoxy) is 2. The minimum absolute atomic E-state index is 0.643. The van der Waals surface area contributed by atoms with E-state index in [0.717, 1.165) is 29.4 Å². The van der Waals surface area contributed by atoms with Crippen LogP contribution in [0.5, 0.6) is 11.5 Å². The summed E-state index contributed by atoms with van der Waals surface area (Å²) in [5.41, 5.74) is 7.15. The zero-order valence-electron chi connectivity index (χ0n) is 10.4. The molecule has 0 spiro atoms. The van der Waals surface area contributed by atoms with Crippen LogP contribution in [-0.4, -0.2) is 18.2 Å². The SMILES string of the molecule is Nc1ccc(Nc2ccc3c(c2)OCCCO3)nc1. The predicted molar refractivity (Wildman–Crippen MR) is 74.0 cm³/mol. The third-order valence-corrected chi connectivity index (χ3v) is 2.81. The zero-order chi connectivity index (χ0) is 13.1. The number of nitrogen functional groups attached to an aromatic ring is 1. The van der Waals surface area contributed by atoms with Gasteiger partial charge in [0.2, 0.25) is 0 Å². The van der Waals surface area contributed by atoms with Gasteiger partial charge in [-0.15, -0.1) is 0 Å². The highest BCUT2D eigenvalue weighted by Crippen LogP contribution is 2.33. The number of hydrogen-bond acceptors (Lipinski definition) is 5. The smallest absolute Gasteiger partial charge is 0.163 e. The van der Waals surface area contributed by atoms with E-state index in [0.29, 0.717) is 18.9 Å². The number of aromatic nitrogens is 1. The van der Waals surface area contributed by atoms with Crippen molar-refractivity contribution in [2.75, 3.05) is 24.3 Å². The molecule has 0 unspecified atom stereocenters. The van der Waals surface area contributed by atoms with Gasteiger partial charge in [0.25, 0.3) is 0 Å². The number of rotatable bonds is 2. The Morgan fingerprint density at radius 3 is 2.68 bits per heavy atom. The van der Waals surface area contributed by atoms with E-state index in [9.17, 15) is 0 Å². The van der Waals surface area contributed by atoms with Crippen molar-refractivity contribution in [1.82, 2.24) is 4.98 Å². The molecule has 0 fully saturated rings. The van der Waals surface area contributed by atoms with Gasteiger partial charge in [-0.2, -0.15) is 0 Å². The Morgan fingerprint density at radius 2 is 1.89 bits per heavy atom. The summed E-state index contributed by atoms with van der Waals surface area (Å²) < 4.78 is 11.2. The maximum Gasteiger partial charge on any atom is 0.163 e. The Labute approximate surface area is 111 Å². The van der Waals surface area contributed by atoms with E-state index in [1.165, 1.54) is 0 Å². The van der Waals surface area contributed by atoms with E-state index in [1.807, 2.05) is 24.3 Å². The van der Waals surface area contributed by atoms with Crippen molar-refractivity contribution in [3.05, 3.63) is 36.5 Å². The minimum atomic E-state index is 0.643. The van der Waals surface area contributed by atoms with E-state index >= 15 is 0 Å². The summed E-state index contributed by atoms with van der Waals surface area (Å²) >= 11 is 0. The first kappa shape index (κ1) is 11.6. The van der Waals surface area contributed by atoms with E-state index in [-0.39, 0.29) is 0 Å². The van der Waals surface area contributed by atoms with Gasteiger partial charge in [0.1, 0.15) is 5.82 Å². The van der Waals surface area contributed by atoms with Gasteiger partial charge in [-0.3, -0.25) is 0 Å². The number of nitrogens with one attached hydrogen (secondary N) is 1. The number of pyridine rings is 1. The fourth-order valence-corrected chi connectivity index (χ4v) is 1.87. The molecule has 1 aromatic heterocycles. The van der Waals surface area contributed by atoms with Crippen molar-refractivity contribution in [1.29, 1.82) is 0 Å². The third-order valence-electron chi connectivity index (χ3n) is 2.81. The lowest BCUT2D eigenvalue weighted by Gasteiger charge is -2.10. The molecule has 0 atom stereocenters. The van der Waals surface area contributed by atoms with Crippen LogP contribution in [0.25, 0.3) is 0 Å². The summed E-state index contributed by atoms with van der Waals surface area (Å²) in [6, 6.07) is 9.39. The van der Waals surface area contributed by atoms with Crippen LogP contribution < -0.4 is 20.5 Å². The first-order valence-corrected chi connectivity index (χ1v) is 6.19. The molecule has 0 aliphatic carbocycles. The molecule has 0 radical (unpaired) electrons. The maximum atomic E-state index is 5.64. The third kappa shape index (κ3) is 2.70. The summed E-state index contributed by atoms with van der Waals surface area (Å²) in [4.78, 5) is 4.20. The molecule has 19 heavy (non-hydrogen) atoms. The van der Waals surface area contributed by atoms with Crippen molar-refractivity contribution < 1.29 is 9.47 Å². The number of anilines is 3. The monoisotopic (exact) mass is 257 g/mol. The van der Waals surface area contributed by atoms with E-state index in [2.05, 4.69) is 10.3 Å². The molecule has 0 bridgehead atoms. The van der Waals surface area contributed by atoms with Gasteiger partial charge < -0.3 is 20.5 Å². The highest BCUT2D eigenvalue weighted by molar-refractivity contribution is 5.62. The first-order chi connectivity index (χ1) is 9.31. The van der Waals surface area contributed by atoms with E-state index in [1.54, 1.807) is 12.3 Å². The second-order valence-electron chi connectivity index (χ2n) is 4.31. The van der Waals surface area contributed by atoms with Gasteiger partial charge in [-0.05, 0) is 24.3 Å². The summed E-state index contributed by atoms with van der Waals surface area (Å²) in [7, 11) is 0. The van der Waals surface area contributed by atoms with Crippen LogP contribution in [-0.2, 0) is 0 Å². The normalized spacial score (nSPS) is 13.7. The molecule has 5 heteroatoms. The van der Waals surface area contributed by atoms with Crippen molar-refractivity contribution in [3.8, 4) is 11.5 Å². The van der Waals surface area contributed by atoms with Crippen LogP contribution in [0.2, 0.25) is 0 Å². The molecule has 5 nitrogen and oxygen atoms in total. The fourth-order valence-electron chi connectivity index (χ4n) is 1.87. The van der Waals surface area contributed by atoms with Crippen molar-refractivity contribution in [2.45, 2.75) is 6.42 Å². The van der Waals surface area contributed by atoms with Crippen LogP contribution in [0, 0.1) is 0 Å². The Balaban J connectivity index is 1.81. The average molecular weight is 257 g/mol. The van der Waals surface area contributed by atoms with Gasteiger partial charge in [0, 0.05) is 18.2 Å². The molecule has 0 amide bonds. The lowest BCUT2D eigenvalue weighted by Crippen LogP contribution is -1.97. The Morgan fingerprint density at radius 1 is 1.05 bits per heavy atom. The molecule has 3 rings (SSSR count). The molecular weight excluding hydrogens is 242 g/mol. The van der Waals surface area contributed by atoms with Crippen molar-refractivity contribution in [3.63, 3.8) is 0 Å². The minimum Gasteiger partial charge on any atom is -0.490 e. The lowest BCUT2D eigenvalue weighted by molar-refractivity contribution is 0.297. The van der Waals surface area contributed by atoms with Gasteiger partial charge >= 0.3 is 0 Å². The molecule has 1 aliphatic rings. The fraction of sp³-hybridized carbons (Fsp3) is 0.214. The van der Waals surface area contributed by atoms with Crippen LogP contribution in [0.3, 0.4) is 0 Å². The number of fused-ring (bicyclic) bond motifs is 1. The van der Waals surface area contributed by atoms with E-state index < -0.39 is 0 Å². The Bertz CT molecular complexity index is 569. The summed E-state index contributed by atoms with van der Waals surface area (Å²) in [5.74, 6) is 2.29. The quantitative estimate of drug-likeness (QED) is 0.865. The second-order valence-corrected chi connectivity index (χ2v) is 4.31. The standard InChI is InChI=1S/C14H15N3O2/c15-10-2-5-14(16-9-10)17-11-3-4-12-13(8-11)19-7-1-6-18-12/h2-5,8-9H,1,6-7,15H2,(H,16,17). The first-order valence-electron chi connectivity index (χ1n) is 6.19. The molecular formula is C14H15N3O2. The van der Waals surface area contributed by atoms with Crippen LogP contribution in [0.4, 0.5) is 17.2 Å². The highest BCUT2D eigenvalue weighted by Gasteiger charge is 2.10. The van der Waals surface area contributed by atoms with Gasteiger partial charge in [0.05, 0.1) is 25.1 Å². The molecule has 3 N–H and O–H groups in total. The van der Waals surface area contributed by atoms with Crippen LogP contribution >= 0.6 is 0 Å². The molecule has 0 saturated heterocycles. The number of benzene rings is 1. The summed E-state index contributed by atoms with van der Waals surface area (Å²) in [5, 5.41) is 3.20. The van der Waals surface area contributed by atoms with Crippen molar-refractivity contribution >= 4 is 17.2 Å². The van der Waals surface area contributed by atoms with E-state index in [4.69, 9.17) is 15.2 Å². The number of hydrogen-bond donors (Lipinski definition) is 2. The Kier molecular flexibility index (Phi) is 3.10. The molecule has 1 aromatic carbocycles. The summed E-state index contributed by atoms with van der Waals surface area (Å²) in [6.07, 6.45) is 2.52. The molecule has 98 valence electrons. The zero-order valence-corrected chi connectivity index (χ0v) is 10.4. The average Bonchev–Trinajstić information content (AvgIpc) is 2.66. The topological polar surface area (TPSA) is 69.4 Å². The van der Waals surface area contributed by atoms with Gasteiger partial charge in [-0.25, -0.2) is 4.98 Å². The maximum absolute atomic E-state index is 5.64. The molecule has 0 saturated carbocycles. The van der Waals surface area contributed by atoms with Crippen molar-refractivity contribution in [2.24, 2.45) is 0 Å².